The van der Waals surface area contributed by atoms with E-state index in [1.807, 2.05) is 0 Å². The number of benzene rings is 12. The molecule has 0 aliphatic rings. The van der Waals surface area contributed by atoms with Crippen LogP contribution in [0.3, 0.4) is 0 Å². The molecule has 0 fully saturated rings. The monoisotopic (exact) mass is 732 g/mol. The minimum absolute atomic E-state index is 1.21. The van der Waals surface area contributed by atoms with Crippen molar-refractivity contribution in [2.75, 3.05) is 0 Å². The van der Waals surface area contributed by atoms with Crippen LogP contribution >= 0.6 is 0 Å². The van der Waals surface area contributed by atoms with Gasteiger partial charge in [0, 0.05) is 0 Å². The van der Waals surface area contributed by atoms with Gasteiger partial charge in [-0.2, -0.15) is 0 Å². The van der Waals surface area contributed by atoms with E-state index in [2.05, 4.69) is 218 Å². The summed E-state index contributed by atoms with van der Waals surface area (Å²) in [5.41, 5.74) is 10.1. The Morgan fingerprint density at radius 1 is 0.172 bits per heavy atom. The Kier molecular flexibility index (Phi) is 7.33. The highest BCUT2D eigenvalue weighted by Gasteiger charge is 2.22. The molecule has 0 bridgehead atoms. The van der Waals surface area contributed by atoms with E-state index in [0.29, 0.717) is 0 Å². The zero-order valence-corrected chi connectivity index (χ0v) is 31.8. The molecule has 0 saturated carbocycles. The van der Waals surface area contributed by atoms with Gasteiger partial charge >= 0.3 is 0 Å². The number of hydrogen-bond acceptors (Lipinski definition) is 0. The molecule has 0 saturated heterocycles. The number of fused-ring (bicyclic) bond motifs is 7. The molecule has 0 nitrogen and oxygen atoms in total. The van der Waals surface area contributed by atoms with Crippen LogP contribution in [0.25, 0.3) is 120 Å². The van der Waals surface area contributed by atoms with E-state index in [-0.39, 0.29) is 0 Å². The molecule has 12 rings (SSSR count). The fraction of sp³-hybridized carbons (Fsp3) is 0. The minimum Gasteiger partial charge on any atom is -0.0616 e. The smallest absolute Gasteiger partial charge is 0.00199 e. The average Bonchev–Trinajstić information content (AvgIpc) is 3.29. The molecule has 0 radical (unpaired) electrons. The van der Waals surface area contributed by atoms with E-state index in [0.717, 1.165) is 0 Å². The largest absolute Gasteiger partial charge is 0.0616 e. The second-order valence-corrected chi connectivity index (χ2v) is 15.5. The average molecular weight is 733 g/mol. The molecule has 0 atom stereocenters. The second kappa shape index (κ2) is 13.0. The zero-order valence-electron chi connectivity index (χ0n) is 31.8. The Labute approximate surface area is 336 Å². The van der Waals surface area contributed by atoms with Gasteiger partial charge in [0.1, 0.15) is 0 Å². The molecule has 58 heavy (non-hydrogen) atoms. The van der Waals surface area contributed by atoms with Gasteiger partial charge in [-0.25, -0.2) is 0 Å². The molecule has 0 heterocycles. The SMILES string of the molecule is c1ccc2c(-c3c4ccccc4c(-c4ccc5c(-c6cccc7ccccc67)c6ccccc6c(-c6cccc7ccccc67)c5c4)c4ccccc34)cccc2c1. The summed E-state index contributed by atoms with van der Waals surface area (Å²) < 4.78 is 0. The third kappa shape index (κ3) is 4.89. The molecule has 0 unspecified atom stereocenters. The fourth-order valence-corrected chi connectivity index (χ4v) is 9.97. The summed E-state index contributed by atoms with van der Waals surface area (Å²) in [6, 6.07) is 81.0. The van der Waals surface area contributed by atoms with Crippen molar-refractivity contribution < 1.29 is 0 Å². The highest BCUT2D eigenvalue weighted by molar-refractivity contribution is 6.28. The first-order valence-electron chi connectivity index (χ1n) is 20.2. The molecule has 0 aliphatic carbocycles. The van der Waals surface area contributed by atoms with Crippen LogP contribution in [0.1, 0.15) is 0 Å². The molecule has 268 valence electrons. The maximum absolute atomic E-state index is 2.50. The Morgan fingerprint density at radius 2 is 0.448 bits per heavy atom. The standard InChI is InChI=1S/C58H36/c1-4-22-41-37(16-1)19-13-31-44(41)56-49-27-9-7-25-47(49)55(48-26-8-10-28-50(48)56)40-34-35-53-54(36-40)58(46-33-15-21-39-18-3-6-24-43(39)46)52-30-12-11-29-51(52)57(53)45-32-14-20-38-17-2-5-23-42(38)45/h1-36H. The fourth-order valence-electron chi connectivity index (χ4n) is 9.97. The van der Waals surface area contributed by atoms with Crippen LogP contribution in [0, 0.1) is 0 Å². The van der Waals surface area contributed by atoms with Gasteiger partial charge in [-0.1, -0.05) is 212 Å². The highest BCUT2D eigenvalue weighted by atomic mass is 14.3. The van der Waals surface area contributed by atoms with Gasteiger partial charge in [0.05, 0.1) is 0 Å². The third-order valence-corrected chi connectivity index (χ3v) is 12.4. The molecule has 0 aromatic heterocycles. The van der Waals surface area contributed by atoms with Crippen molar-refractivity contribution >= 4 is 75.4 Å². The molecule has 0 spiro atoms. The van der Waals surface area contributed by atoms with Gasteiger partial charge in [-0.05, 0) is 126 Å². The van der Waals surface area contributed by atoms with Crippen molar-refractivity contribution in [2.45, 2.75) is 0 Å². The van der Waals surface area contributed by atoms with E-state index in [1.54, 1.807) is 0 Å². The van der Waals surface area contributed by atoms with E-state index in [1.165, 1.54) is 120 Å². The molecule has 12 aromatic rings. The first-order chi connectivity index (χ1) is 28.8. The van der Waals surface area contributed by atoms with Crippen molar-refractivity contribution in [2.24, 2.45) is 0 Å². The summed E-state index contributed by atoms with van der Waals surface area (Å²) in [4.78, 5) is 0. The van der Waals surface area contributed by atoms with Crippen LogP contribution < -0.4 is 0 Å². The summed E-state index contributed by atoms with van der Waals surface area (Å²) in [6.07, 6.45) is 0. The lowest BCUT2D eigenvalue weighted by Crippen LogP contribution is -1.94. The zero-order chi connectivity index (χ0) is 38.2. The molecule has 12 aromatic carbocycles. The van der Waals surface area contributed by atoms with Crippen LogP contribution in [0.2, 0.25) is 0 Å². The van der Waals surface area contributed by atoms with Gasteiger partial charge in [0.2, 0.25) is 0 Å². The minimum atomic E-state index is 1.21. The summed E-state index contributed by atoms with van der Waals surface area (Å²) >= 11 is 0. The van der Waals surface area contributed by atoms with Gasteiger partial charge in [0.15, 0.2) is 0 Å². The van der Waals surface area contributed by atoms with E-state index in [9.17, 15) is 0 Å². The second-order valence-electron chi connectivity index (χ2n) is 15.5. The predicted octanol–water partition coefficient (Wildman–Crippen LogP) is 16.4. The Hall–Kier alpha value is -7.54. The highest BCUT2D eigenvalue weighted by Crippen LogP contribution is 2.50. The van der Waals surface area contributed by atoms with Crippen LogP contribution in [0.5, 0.6) is 0 Å². The topological polar surface area (TPSA) is 0 Å². The van der Waals surface area contributed by atoms with Crippen molar-refractivity contribution in [3.8, 4) is 44.5 Å². The number of rotatable bonds is 4. The quantitative estimate of drug-likeness (QED) is 0.158. The van der Waals surface area contributed by atoms with Crippen LogP contribution in [-0.4, -0.2) is 0 Å². The molecular formula is C58H36. The van der Waals surface area contributed by atoms with Gasteiger partial charge in [0.25, 0.3) is 0 Å². The van der Waals surface area contributed by atoms with E-state index >= 15 is 0 Å². The lowest BCUT2D eigenvalue weighted by Gasteiger charge is -2.22. The van der Waals surface area contributed by atoms with Gasteiger partial charge < -0.3 is 0 Å². The first kappa shape index (κ1) is 32.7. The van der Waals surface area contributed by atoms with E-state index in [4.69, 9.17) is 0 Å². The van der Waals surface area contributed by atoms with Crippen LogP contribution in [-0.2, 0) is 0 Å². The lowest BCUT2D eigenvalue weighted by molar-refractivity contribution is 1.67. The number of hydrogen-bond donors (Lipinski definition) is 0. The Balaban J connectivity index is 1.24. The summed E-state index contributed by atoms with van der Waals surface area (Å²) in [6.45, 7) is 0. The van der Waals surface area contributed by atoms with Crippen molar-refractivity contribution in [1.29, 1.82) is 0 Å². The molecule has 0 amide bonds. The first-order valence-corrected chi connectivity index (χ1v) is 20.2. The van der Waals surface area contributed by atoms with Crippen molar-refractivity contribution in [3.63, 3.8) is 0 Å². The Bertz CT molecular complexity index is 3550. The normalized spacial score (nSPS) is 11.8. The maximum atomic E-state index is 2.50. The van der Waals surface area contributed by atoms with Gasteiger partial charge in [-0.3, -0.25) is 0 Å². The predicted molar refractivity (Wildman–Crippen MR) is 251 cm³/mol. The van der Waals surface area contributed by atoms with Crippen molar-refractivity contribution in [3.05, 3.63) is 218 Å². The summed E-state index contributed by atoms with van der Waals surface area (Å²) in [5.74, 6) is 0. The molecule has 0 aliphatic heterocycles. The maximum Gasteiger partial charge on any atom is -0.00199 e. The van der Waals surface area contributed by atoms with Gasteiger partial charge in [-0.15, -0.1) is 0 Å². The van der Waals surface area contributed by atoms with Crippen molar-refractivity contribution in [1.82, 2.24) is 0 Å². The van der Waals surface area contributed by atoms with Crippen LogP contribution in [0.4, 0.5) is 0 Å². The lowest BCUT2D eigenvalue weighted by atomic mass is 9.81. The third-order valence-electron chi connectivity index (χ3n) is 12.4. The molecule has 0 heteroatoms. The van der Waals surface area contributed by atoms with Crippen LogP contribution in [0.15, 0.2) is 218 Å². The summed E-state index contributed by atoms with van der Waals surface area (Å²) in [5, 5.41) is 17.6. The molecular weight excluding hydrogens is 697 g/mol. The molecule has 0 N–H and O–H groups in total. The van der Waals surface area contributed by atoms with E-state index < -0.39 is 0 Å². The summed E-state index contributed by atoms with van der Waals surface area (Å²) in [7, 11) is 0. The Morgan fingerprint density at radius 3 is 0.828 bits per heavy atom.